The molecule has 0 aliphatic rings. The van der Waals surface area contributed by atoms with Crippen molar-refractivity contribution in [2.45, 2.75) is 77.0 Å². The summed E-state index contributed by atoms with van der Waals surface area (Å²) < 4.78 is 36.2. The van der Waals surface area contributed by atoms with Gasteiger partial charge >= 0.3 is 6.18 Å². The zero-order valence-electron chi connectivity index (χ0n) is 10.2. The van der Waals surface area contributed by atoms with Crippen molar-refractivity contribution in [3.8, 4) is 0 Å². The fraction of sp³-hybridized carbons (Fsp3) is 1.00. The van der Waals surface area contributed by atoms with E-state index in [1.807, 2.05) is 0 Å². The van der Waals surface area contributed by atoms with E-state index in [9.17, 15) is 18.3 Å². The summed E-state index contributed by atoms with van der Waals surface area (Å²) in [5.41, 5.74) is -1.59. The third-order valence-electron chi connectivity index (χ3n) is 2.65. The van der Waals surface area contributed by atoms with E-state index in [1.54, 1.807) is 0 Å². The second kappa shape index (κ2) is 7.15. The average molecular weight is 240 g/mol. The van der Waals surface area contributed by atoms with E-state index in [0.717, 1.165) is 25.7 Å². The van der Waals surface area contributed by atoms with Crippen LogP contribution in [0.25, 0.3) is 0 Å². The number of rotatable bonds is 8. The Morgan fingerprint density at radius 1 is 0.938 bits per heavy atom. The number of hydrogen-bond donors (Lipinski definition) is 1. The summed E-state index contributed by atoms with van der Waals surface area (Å²) in [4.78, 5) is 0. The number of aliphatic hydroxyl groups is 1. The van der Waals surface area contributed by atoms with Crippen molar-refractivity contribution in [3.05, 3.63) is 0 Å². The SMILES string of the molecule is CCCCCCCCC(C)(O)CC(F)(F)F. The monoisotopic (exact) mass is 240 g/mol. The normalized spacial score (nSPS) is 16.1. The van der Waals surface area contributed by atoms with Crippen LogP contribution in [0.4, 0.5) is 13.2 Å². The quantitative estimate of drug-likeness (QED) is 0.622. The van der Waals surface area contributed by atoms with Crippen LogP contribution in [0.2, 0.25) is 0 Å². The van der Waals surface area contributed by atoms with Gasteiger partial charge in [0, 0.05) is 0 Å². The second-order valence-electron chi connectivity index (χ2n) is 4.81. The molecule has 0 spiro atoms. The first-order valence-electron chi connectivity index (χ1n) is 6.06. The lowest BCUT2D eigenvalue weighted by Gasteiger charge is -2.24. The molecule has 0 bridgehead atoms. The van der Waals surface area contributed by atoms with Gasteiger partial charge < -0.3 is 5.11 Å². The average Bonchev–Trinajstić information content (AvgIpc) is 2.06. The third-order valence-corrected chi connectivity index (χ3v) is 2.65. The van der Waals surface area contributed by atoms with Gasteiger partial charge in [-0.15, -0.1) is 0 Å². The molecule has 0 saturated carbocycles. The molecule has 0 saturated heterocycles. The maximum atomic E-state index is 12.1. The van der Waals surface area contributed by atoms with Gasteiger partial charge in [-0.25, -0.2) is 0 Å². The van der Waals surface area contributed by atoms with Crippen molar-refractivity contribution in [2.75, 3.05) is 0 Å². The van der Waals surface area contributed by atoms with Crippen LogP contribution >= 0.6 is 0 Å². The molecule has 1 unspecified atom stereocenters. The molecule has 0 aromatic carbocycles. The van der Waals surface area contributed by atoms with Gasteiger partial charge in [-0.2, -0.15) is 13.2 Å². The molecule has 98 valence electrons. The molecule has 0 aromatic rings. The Morgan fingerprint density at radius 2 is 1.44 bits per heavy atom. The molecule has 0 rings (SSSR count). The summed E-state index contributed by atoms with van der Waals surface area (Å²) in [6.45, 7) is 3.39. The van der Waals surface area contributed by atoms with E-state index in [0.29, 0.717) is 6.42 Å². The Morgan fingerprint density at radius 3 is 1.94 bits per heavy atom. The molecule has 0 fully saturated rings. The fourth-order valence-corrected chi connectivity index (χ4v) is 1.81. The highest BCUT2D eigenvalue weighted by Gasteiger charge is 2.37. The number of alkyl halides is 3. The topological polar surface area (TPSA) is 20.2 Å². The number of unbranched alkanes of at least 4 members (excludes halogenated alkanes) is 5. The Bertz CT molecular complexity index is 176. The first-order chi connectivity index (χ1) is 7.27. The summed E-state index contributed by atoms with van der Waals surface area (Å²) >= 11 is 0. The first kappa shape index (κ1) is 15.8. The minimum atomic E-state index is -4.27. The van der Waals surface area contributed by atoms with Crippen molar-refractivity contribution >= 4 is 0 Å². The number of hydrogen-bond acceptors (Lipinski definition) is 1. The van der Waals surface area contributed by atoms with Gasteiger partial charge in [-0.05, 0) is 13.3 Å². The lowest BCUT2D eigenvalue weighted by atomic mass is 9.94. The zero-order valence-corrected chi connectivity index (χ0v) is 10.2. The summed E-state index contributed by atoms with van der Waals surface area (Å²) in [6.07, 6.45) is 0.971. The predicted molar refractivity (Wildman–Crippen MR) is 59.3 cm³/mol. The third kappa shape index (κ3) is 10.3. The molecule has 0 heterocycles. The van der Waals surface area contributed by atoms with Gasteiger partial charge in [0.15, 0.2) is 0 Å². The van der Waals surface area contributed by atoms with Crippen LogP contribution in [0.3, 0.4) is 0 Å². The molecule has 0 aliphatic heterocycles. The Labute approximate surface area is 96.0 Å². The van der Waals surface area contributed by atoms with Gasteiger partial charge in [0.1, 0.15) is 0 Å². The summed E-state index contributed by atoms with van der Waals surface area (Å²) in [5, 5.41) is 9.53. The fourth-order valence-electron chi connectivity index (χ4n) is 1.81. The lowest BCUT2D eigenvalue weighted by molar-refractivity contribution is -0.173. The minimum absolute atomic E-state index is 0.235. The molecule has 1 N–H and O–H groups in total. The standard InChI is InChI=1S/C12H23F3O/c1-3-4-5-6-7-8-9-11(2,16)10-12(13,14)15/h16H,3-10H2,1-2H3. The Hall–Kier alpha value is -0.250. The molecule has 0 aromatic heterocycles. The van der Waals surface area contributed by atoms with Gasteiger partial charge in [-0.3, -0.25) is 0 Å². The van der Waals surface area contributed by atoms with Crippen molar-refractivity contribution in [2.24, 2.45) is 0 Å². The highest BCUT2D eigenvalue weighted by atomic mass is 19.4. The molecule has 16 heavy (non-hydrogen) atoms. The van der Waals surface area contributed by atoms with Crippen LogP contribution in [-0.4, -0.2) is 16.9 Å². The van der Waals surface area contributed by atoms with Gasteiger partial charge in [0.25, 0.3) is 0 Å². The summed E-state index contributed by atoms with van der Waals surface area (Å²) in [7, 11) is 0. The molecule has 4 heteroatoms. The molecule has 1 nitrogen and oxygen atoms in total. The highest BCUT2D eigenvalue weighted by Crippen LogP contribution is 2.30. The van der Waals surface area contributed by atoms with Crippen molar-refractivity contribution in [1.82, 2.24) is 0 Å². The molecule has 1 atom stereocenters. The van der Waals surface area contributed by atoms with E-state index in [1.165, 1.54) is 13.3 Å². The largest absolute Gasteiger partial charge is 0.391 e. The van der Waals surface area contributed by atoms with E-state index in [2.05, 4.69) is 6.92 Å². The summed E-state index contributed by atoms with van der Waals surface area (Å²) in [5.74, 6) is 0. The van der Waals surface area contributed by atoms with Crippen molar-refractivity contribution in [3.63, 3.8) is 0 Å². The number of halogens is 3. The highest BCUT2D eigenvalue weighted by molar-refractivity contribution is 4.76. The predicted octanol–water partition coefficient (Wildman–Crippen LogP) is 4.44. The Balaban J connectivity index is 3.58. The van der Waals surface area contributed by atoms with Crippen LogP contribution in [0.1, 0.15) is 65.2 Å². The van der Waals surface area contributed by atoms with E-state index in [4.69, 9.17) is 0 Å². The van der Waals surface area contributed by atoms with Gasteiger partial charge in [-0.1, -0.05) is 45.4 Å². The Kier molecular flexibility index (Phi) is 7.04. The smallest absolute Gasteiger partial charge is 0.390 e. The van der Waals surface area contributed by atoms with Crippen molar-refractivity contribution in [1.29, 1.82) is 0 Å². The first-order valence-corrected chi connectivity index (χ1v) is 6.06. The summed E-state index contributed by atoms with van der Waals surface area (Å²) in [6, 6.07) is 0. The van der Waals surface area contributed by atoms with E-state index >= 15 is 0 Å². The maximum Gasteiger partial charge on any atom is 0.391 e. The van der Waals surface area contributed by atoms with Crippen LogP contribution in [0.15, 0.2) is 0 Å². The van der Waals surface area contributed by atoms with E-state index < -0.39 is 18.2 Å². The van der Waals surface area contributed by atoms with Gasteiger partial charge in [0.2, 0.25) is 0 Å². The molecular weight excluding hydrogens is 217 g/mol. The second-order valence-corrected chi connectivity index (χ2v) is 4.81. The molecule has 0 radical (unpaired) electrons. The maximum absolute atomic E-state index is 12.1. The van der Waals surface area contributed by atoms with Crippen LogP contribution in [-0.2, 0) is 0 Å². The van der Waals surface area contributed by atoms with Crippen LogP contribution in [0.5, 0.6) is 0 Å². The molecule has 0 aliphatic carbocycles. The van der Waals surface area contributed by atoms with E-state index in [-0.39, 0.29) is 6.42 Å². The van der Waals surface area contributed by atoms with Crippen molar-refractivity contribution < 1.29 is 18.3 Å². The van der Waals surface area contributed by atoms with Crippen LogP contribution in [0, 0.1) is 0 Å². The minimum Gasteiger partial charge on any atom is -0.390 e. The molecule has 0 amide bonds. The van der Waals surface area contributed by atoms with Gasteiger partial charge in [0.05, 0.1) is 12.0 Å². The lowest BCUT2D eigenvalue weighted by Crippen LogP contribution is -2.31. The molecular formula is C12H23F3O. The zero-order chi connectivity index (χ0) is 12.7. The van der Waals surface area contributed by atoms with Crippen LogP contribution < -0.4 is 0 Å².